The van der Waals surface area contributed by atoms with Crippen LogP contribution in [0.1, 0.15) is 27.2 Å². The molecule has 0 aliphatic carbocycles. The highest BCUT2D eigenvalue weighted by atomic mass is 32.2. The standard InChI is InChI=1S/C13H18F3NO2S/c1-12(2,3)8-9-17-10-4-6-11(7-5-10)20(18,19)13(14,15)16/h4-7,17H,8-9H2,1-3H3. The lowest BCUT2D eigenvalue weighted by molar-refractivity contribution is -0.0436. The Morgan fingerprint density at radius 1 is 1.05 bits per heavy atom. The first kappa shape index (κ1) is 16.8. The van der Waals surface area contributed by atoms with Crippen LogP contribution in [-0.2, 0) is 9.84 Å². The highest BCUT2D eigenvalue weighted by molar-refractivity contribution is 7.92. The van der Waals surface area contributed by atoms with Crippen molar-refractivity contribution in [3.63, 3.8) is 0 Å². The van der Waals surface area contributed by atoms with E-state index in [-0.39, 0.29) is 5.41 Å². The van der Waals surface area contributed by atoms with Crippen molar-refractivity contribution < 1.29 is 21.6 Å². The minimum Gasteiger partial charge on any atom is -0.385 e. The maximum absolute atomic E-state index is 12.3. The number of rotatable bonds is 4. The maximum atomic E-state index is 12.3. The zero-order valence-corrected chi connectivity index (χ0v) is 12.4. The summed E-state index contributed by atoms with van der Waals surface area (Å²) in [5.41, 5.74) is -4.53. The number of anilines is 1. The van der Waals surface area contributed by atoms with Crippen molar-refractivity contribution in [1.82, 2.24) is 0 Å². The first-order chi connectivity index (χ1) is 8.93. The Kier molecular flexibility index (Phi) is 4.74. The quantitative estimate of drug-likeness (QED) is 0.919. The van der Waals surface area contributed by atoms with Crippen LogP contribution in [-0.4, -0.2) is 20.5 Å². The van der Waals surface area contributed by atoms with Crippen molar-refractivity contribution >= 4 is 15.5 Å². The molecule has 0 aliphatic heterocycles. The number of hydrogen-bond acceptors (Lipinski definition) is 3. The van der Waals surface area contributed by atoms with Gasteiger partial charge in [0.05, 0.1) is 4.90 Å². The van der Waals surface area contributed by atoms with Gasteiger partial charge in [-0.05, 0) is 36.1 Å². The zero-order chi connectivity index (χ0) is 15.6. The summed E-state index contributed by atoms with van der Waals surface area (Å²) in [6, 6.07) is 4.59. The smallest absolute Gasteiger partial charge is 0.385 e. The highest BCUT2D eigenvalue weighted by Gasteiger charge is 2.46. The second kappa shape index (κ2) is 5.63. The summed E-state index contributed by atoms with van der Waals surface area (Å²) in [4.78, 5) is -0.744. The lowest BCUT2D eigenvalue weighted by atomic mass is 9.92. The number of halogens is 3. The zero-order valence-electron chi connectivity index (χ0n) is 11.6. The summed E-state index contributed by atoms with van der Waals surface area (Å²) in [5, 5.41) is 3.04. The molecule has 0 radical (unpaired) electrons. The summed E-state index contributed by atoms with van der Waals surface area (Å²) < 4.78 is 59.4. The molecule has 0 heterocycles. The van der Waals surface area contributed by atoms with E-state index in [1.54, 1.807) is 0 Å². The van der Waals surface area contributed by atoms with E-state index in [0.29, 0.717) is 12.2 Å². The third kappa shape index (κ3) is 4.40. The molecule has 1 rings (SSSR count). The van der Waals surface area contributed by atoms with E-state index in [0.717, 1.165) is 18.6 Å². The van der Waals surface area contributed by atoms with Gasteiger partial charge in [-0.3, -0.25) is 0 Å². The number of nitrogens with one attached hydrogen (secondary N) is 1. The Hall–Kier alpha value is -1.24. The van der Waals surface area contributed by atoms with Crippen LogP contribution in [0.5, 0.6) is 0 Å². The molecule has 7 heteroatoms. The first-order valence-corrected chi connectivity index (χ1v) is 7.57. The lowest BCUT2D eigenvalue weighted by Crippen LogP contribution is -2.23. The molecular weight excluding hydrogens is 291 g/mol. The molecule has 0 atom stereocenters. The largest absolute Gasteiger partial charge is 0.501 e. The molecule has 0 spiro atoms. The Labute approximate surface area is 117 Å². The Morgan fingerprint density at radius 2 is 1.55 bits per heavy atom. The molecule has 20 heavy (non-hydrogen) atoms. The minimum atomic E-state index is -5.27. The average molecular weight is 309 g/mol. The summed E-state index contributed by atoms with van der Waals surface area (Å²) in [6.45, 7) is 6.89. The minimum absolute atomic E-state index is 0.145. The molecule has 1 aromatic rings. The van der Waals surface area contributed by atoms with E-state index in [9.17, 15) is 21.6 Å². The fourth-order valence-corrected chi connectivity index (χ4v) is 2.23. The number of hydrogen-bond donors (Lipinski definition) is 1. The third-order valence-corrected chi connectivity index (χ3v) is 4.18. The molecule has 114 valence electrons. The van der Waals surface area contributed by atoms with Gasteiger partial charge in [-0.25, -0.2) is 8.42 Å². The van der Waals surface area contributed by atoms with Crippen molar-refractivity contribution in [2.45, 2.75) is 37.6 Å². The molecule has 0 amide bonds. The van der Waals surface area contributed by atoms with Crippen LogP contribution in [0.2, 0.25) is 0 Å². The van der Waals surface area contributed by atoms with Gasteiger partial charge in [0.1, 0.15) is 0 Å². The maximum Gasteiger partial charge on any atom is 0.501 e. The molecule has 0 bridgehead atoms. The number of alkyl halides is 3. The molecule has 3 nitrogen and oxygen atoms in total. The fourth-order valence-electron chi connectivity index (χ4n) is 1.47. The predicted molar refractivity (Wildman–Crippen MR) is 72.2 cm³/mol. The van der Waals surface area contributed by atoms with Crippen molar-refractivity contribution in [2.24, 2.45) is 5.41 Å². The molecule has 1 N–H and O–H groups in total. The van der Waals surface area contributed by atoms with E-state index in [1.165, 1.54) is 12.1 Å². The predicted octanol–water partition coefficient (Wildman–Crippen LogP) is 3.83. The van der Waals surface area contributed by atoms with E-state index >= 15 is 0 Å². The summed E-state index contributed by atoms with van der Waals surface area (Å²) in [5.74, 6) is 0. The van der Waals surface area contributed by atoms with Crippen LogP contribution in [0, 0.1) is 5.41 Å². The van der Waals surface area contributed by atoms with Gasteiger partial charge >= 0.3 is 5.51 Å². The van der Waals surface area contributed by atoms with Crippen molar-refractivity contribution in [3.05, 3.63) is 24.3 Å². The second-order valence-corrected chi connectivity index (χ2v) is 7.65. The average Bonchev–Trinajstić information content (AvgIpc) is 2.26. The molecule has 0 saturated carbocycles. The fraction of sp³-hybridized carbons (Fsp3) is 0.538. The Bertz CT molecular complexity index is 542. The van der Waals surface area contributed by atoms with Crippen molar-refractivity contribution in [3.8, 4) is 0 Å². The van der Waals surface area contributed by atoms with Crippen LogP contribution in [0.15, 0.2) is 29.2 Å². The molecule has 0 aromatic heterocycles. The summed E-state index contributed by atoms with van der Waals surface area (Å²) in [6.07, 6.45) is 0.885. The SMILES string of the molecule is CC(C)(C)CCNc1ccc(S(=O)(=O)C(F)(F)F)cc1. The van der Waals surface area contributed by atoms with E-state index in [4.69, 9.17) is 0 Å². The Balaban J connectivity index is 2.76. The van der Waals surface area contributed by atoms with Gasteiger partial charge < -0.3 is 5.32 Å². The van der Waals surface area contributed by atoms with Crippen LogP contribution in [0.3, 0.4) is 0 Å². The van der Waals surface area contributed by atoms with Crippen LogP contribution < -0.4 is 5.32 Å². The second-order valence-electron chi connectivity index (χ2n) is 5.71. The van der Waals surface area contributed by atoms with Gasteiger partial charge in [0.15, 0.2) is 0 Å². The normalized spacial score (nSPS) is 13.3. The highest BCUT2D eigenvalue weighted by Crippen LogP contribution is 2.30. The van der Waals surface area contributed by atoms with E-state index < -0.39 is 20.2 Å². The van der Waals surface area contributed by atoms with Gasteiger partial charge in [0.25, 0.3) is 9.84 Å². The van der Waals surface area contributed by atoms with E-state index in [1.807, 2.05) is 0 Å². The molecule has 0 saturated heterocycles. The summed E-state index contributed by atoms with van der Waals surface area (Å²) >= 11 is 0. The number of sulfone groups is 1. The van der Waals surface area contributed by atoms with Gasteiger partial charge in [-0.15, -0.1) is 0 Å². The van der Waals surface area contributed by atoms with Crippen molar-refractivity contribution in [2.75, 3.05) is 11.9 Å². The lowest BCUT2D eigenvalue weighted by Gasteiger charge is -2.18. The molecular formula is C13H18F3NO2S. The Morgan fingerprint density at radius 3 is 1.95 bits per heavy atom. The first-order valence-electron chi connectivity index (χ1n) is 6.09. The van der Waals surface area contributed by atoms with E-state index in [2.05, 4.69) is 26.1 Å². The van der Waals surface area contributed by atoms with Crippen LogP contribution in [0.4, 0.5) is 18.9 Å². The monoisotopic (exact) mass is 309 g/mol. The van der Waals surface area contributed by atoms with Gasteiger partial charge in [-0.2, -0.15) is 13.2 Å². The molecule has 0 unspecified atom stereocenters. The third-order valence-electron chi connectivity index (χ3n) is 2.67. The van der Waals surface area contributed by atoms with Crippen LogP contribution >= 0.6 is 0 Å². The number of benzene rings is 1. The van der Waals surface area contributed by atoms with Gasteiger partial charge in [0, 0.05) is 12.2 Å². The molecule has 0 aliphatic rings. The molecule has 0 fully saturated rings. The topological polar surface area (TPSA) is 46.2 Å². The van der Waals surface area contributed by atoms with Crippen molar-refractivity contribution in [1.29, 1.82) is 0 Å². The summed E-state index contributed by atoms with van der Waals surface area (Å²) in [7, 11) is -5.26. The van der Waals surface area contributed by atoms with Gasteiger partial charge in [-0.1, -0.05) is 20.8 Å². The van der Waals surface area contributed by atoms with Gasteiger partial charge in [0.2, 0.25) is 0 Å². The molecule has 1 aromatic carbocycles. The van der Waals surface area contributed by atoms with Crippen LogP contribution in [0.25, 0.3) is 0 Å².